The molecule has 0 saturated heterocycles. The number of imidazole rings is 1. The van der Waals surface area contributed by atoms with Crippen molar-refractivity contribution < 1.29 is 23.1 Å². The van der Waals surface area contributed by atoms with Crippen LogP contribution in [0, 0.1) is 0 Å². The molecule has 2 N–H and O–H groups in total. The van der Waals surface area contributed by atoms with Crippen LogP contribution < -0.4 is 0 Å². The summed E-state index contributed by atoms with van der Waals surface area (Å²) in [6.45, 7) is 1.29. The summed E-state index contributed by atoms with van der Waals surface area (Å²) in [5.74, 6) is -1.82. The number of carbonyl (C=O) groups excluding carboxylic acids is 1. The van der Waals surface area contributed by atoms with Crippen molar-refractivity contribution in [2.24, 2.45) is 0 Å². The van der Waals surface area contributed by atoms with Crippen LogP contribution in [0.4, 0.5) is 0 Å². The highest BCUT2D eigenvalue weighted by molar-refractivity contribution is 8.06. The summed E-state index contributed by atoms with van der Waals surface area (Å²) in [5, 5.41) is 7.35. The second-order valence-corrected chi connectivity index (χ2v) is 4.80. The van der Waals surface area contributed by atoms with Gasteiger partial charge in [-0.3, -0.25) is 4.79 Å². The van der Waals surface area contributed by atoms with Crippen LogP contribution in [-0.2, 0) is 9.84 Å². The largest absolute Gasteiger partial charge is 0.477 e. The van der Waals surface area contributed by atoms with E-state index in [1.807, 2.05) is 0 Å². The van der Waals surface area contributed by atoms with Gasteiger partial charge in [0, 0.05) is 0 Å². The van der Waals surface area contributed by atoms with Crippen LogP contribution in [0.5, 0.6) is 0 Å². The Hall–Kier alpha value is -1.70. The first-order chi connectivity index (χ1) is 6.90. The molecular weight excluding hydrogens is 224 g/mol. The SMILES string of the molecule is CCS(=O)(=O)C(=O)c1nc[nH]c1C(=O)O. The highest BCUT2D eigenvalue weighted by Gasteiger charge is 2.28. The molecule has 0 aliphatic carbocycles. The van der Waals surface area contributed by atoms with Crippen LogP contribution >= 0.6 is 0 Å². The summed E-state index contributed by atoms with van der Waals surface area (Å²) in [6.07, 6.45) is 0.960. The molecule has 0 aliphatic heterocycles. The average molecular weight is 232 g/mol. The number of nitrogens with one attached hydrogen (secondary N) is 1. The number of carboxylic acid groups (broad SMARTS) is 1. The van der Waals surface area contributed by atoms with E-state index in [-0.39, 0.29) is 0 Å². The Morgan fingerprint density at radius 1 is 1.53 bits per heavy atom. The number of aromatic carboxylic acids is 1. The van der Waals surface area contributed by atoms with Crippen molar-refractivity contribution in [1.82, 2.24) is 9.97 Å². The van der Waals surface area contributed by atoms with Crippen LogP contribution in [0.3, 0.4) is 0 Å². The number of rotatable bonds is 3. The molecule has 0 atom stereocenters. The normalized spacial score (nSPS) is 11.3. The first-order valence-corrected chi connectivity index (χ1v) is 5.59. The number of hydrogen-bond acceptors (Lipinski definition) is 5. The van der Waals surface area contributed by atoms with Gasteiger partial charge in [-0.15, -0.1) is 0 Å². The fraction of sp³-hybridized carbons (Fsp3) is 0.286. The maximum atomic E-state index is 11.4. The molecule has 0 aromatic carbocycles. The third kappa shape index (κ3) is 2.04. The number of aromatic nitrogens is 2. The third-order valence-corrected chi connectivity index (χ3v) is 3.23. The van der Waals surface area contributed by atoms with Gasteiger partial charge in [0.1, 0.15) is 0 Å². The van der Waals surface area contributed by atoms with Gasteiger partial charge in [-0.2, -0.15) is 0 Å². The molecule has 15 heavy (non-hydrogen) atoms. The van der Waals surface area contributed by atoms with E-state index in [2.05, 4.69) is 9.97 Å². The minimum Gasteiger partial charge on any atom is -0.477 e. The van der Waals surface area contributed by atoms with Crippen LogP contribution in [0.25, 0.3) is 0 Å². The predicted molar refractivity (Wildman–Crippen MR) is 49.3 cm³/mol. The van der Waals surface area contributed by atoms with Crippen molar-refractivity contribution in [3.05, 3.63) is 17.7 Å². The molecular formula is C7H8N2O5S. The van der Waals surface area contributed by atoms with Crippen LogP contribution in [0.1, 0.15) is 27.9 Å². The van der Waals surface area contributed by atoms with E-state index < -0.39 is 38.1 Å². The number of aromatic amines is 1. The number of hydrogen-bond donors (Lipinski definition) is 2. The Bertz CT molecular complexity index is 501. The first-order valence-electron chi connectivity index (χ1n) is 3.94. The molecule has 1 aromatic heterocycles. The average Bonchev–Trinajstić information content (AvgIpc) is 2.64. The van der Waals surface area contributed by atoms with Gasteiger partial charge in [0.25, 0.3) is 5.12 Å². The van der Waals surface area contributed by atoms with Gasteiger partial charge in [-0.05, 0) is 0 Å². The van der Waals surface area contributed by atoms with Crippen molar-refractivity contribution >= 4 is 20.9 Å². The van der Waals surface area contributed by atoms with Crippen LogP contribution in [-0.4, -0.2) is 40.3 Å². The smallest absolute Gasteiger partial charge is 0.354 e. The lowest BCUT2D eigenvalue weighted by atomic mass is 10.3. The zero-order valence-electron chi connectivity index (χ0n) is 7.72. The Morgan fingerprint density at radius 2 is 2.13 bits per heavy atom. The van der Waals surface area contributed by atoms with Crippen molar-refractivity contribution in [1.29, 1.82) is 0 Å². The lowest BCUT2D eigenvalue weighted by Crippen LogP contribution is -2.20. The zero-order chi connectivity index (χ0) is 11.6. The summed E-state index contributed by atoms with van der Waals surface area (Å²) in [4.78, 5) is 27.5. The van der Waals surface area contributed by atoms with E-state index in [1.54, 1.807) is 0 Å². The Morgan fingerprint density at radius 3 is 2.60 bits per heavy atom. The zero-order valence-corrected chi connectivity index (χ0v) is 8.54. The van der Waals surface area contributed by atoms with Gasteiger partial charge in [0.2, 0.25) is 9.84 Å². The quantitative estimate of drug-likeness (QED) is 0.737. The molecule has 1 heterocycles. The van der Waals surface area contributed by atoms with Gasteiger partial charge in [0.15, 0.2) is 11.4 Å². The second-order valence-electron chi connectivity index (χ2n) is 2.62. The molecule has 0 saturated carbocycles. The molecule has 0 unspecified atom stereocenters. The molecule has 7 nitrogen and oxygen atoms in total. The predicted octanol–water partition coefficient (Wildman–Crippen LogP) is -0.317. The Balaban J connectivity index is 3.24. The third-order valence-electron chi connectivity index (χ3n) is 1.71. The van der Waals surface area contributed by atoms with Crippen LogP contribution in [0.15, 0.2) is 6.33 Å². The number of sulfone groups is 1. The molecule has 0 bridgehead atoms. The van der Waals surface area contributed by atoms with Crippen LogP contribution in [0.2, 0.25) is 0 Å². The minimum absolute atomic E-state index is 0.391. The highest BCUT2D eigenvalue weighted by Crippen LogP contribution is 2.08. The summed E-state index contributed by atoms with van der Waals surface area (Å²) < 4.78 is 22.4. The molecule has 0 aliphatic rings. The molecule has 0 fully saturated rings. The standard InChI is InChI=1S/C7H8N2O5S/c1-2-15(13,14)7(12)5-4(6(10)11)8-3-9-5/h3H,2H2,1H3,(H,8,9)(H,10,11). The topological polar surface area (TPSA) is 117 Å². The second kappa shape index (κ2) is 3.81. The Labute approximate surface area is 85.1 Å². The van der Waals surface area contributed by atoms with Crippen molar-refractivity contribution in [3.63, 3.8) is 0 Å². The van der Waals surface area contributed by atoms with Gasteiger partial charge < -0.3 is 10.1 Å². The van der Waals surface area contributed by atoms with Gasteiger partial charge >= 0.3 is 5.97 Å². The van der Waals surface area contributed by atoms with E-state index >= 15 is 0 Å². The van der Waals surface area contributed by atoms with E-state index in [9.17, 15) is 18.0 Å². The monoisotopic (exact) mass is 232 g/mol. The molecule has 0 spiro atoms. The fourth-order valence-electron chi connectivity index (χ4n) is 0.890. The van der Waals surface area contributed by atoms with Crippen molar-refractivity contribution in [3.8, 4) is 0 Å². The summed E-state index contributed by atoms with van der Waals surface area (Å²) in [7, 11) is -3.96. The molecule has 0 radical (unpaired) electrons. The first kappa shape index (κ1) is 11.4. The van der Waals surface area contributed by atoms with Gasteiger partial charge in [-0.1, -0.05) is 6.92 Å². The van der Waals surface area contributed by atoms with Crippen molar-refractivity contribution in [2.75, 3.05) is 5.75 Å². The maximum Gasteiger partial charge on any atom is 0.354 e. The van der Waals surface area contributed by atoms with E-state index in [4.69, 9.17) is 5.11 Å². The summed E-state index contributed by atoms with van der Waals surface area (Å²) >= 11 is 0. The lowest BCUT2D eigenvalue weighted by Gasteiger charge is -1.97. The maximum absolute atomic E-state index is 11.4. The van der Waals surface area contributed by atoms with Gasteiger partial charge in [-0.25, -0.2) is 18.2 Å². The molecule has 1 rings (SSSR count). The minimum atomic E-state index is -3.96. The summed E-state index contributed by atoms with van der Waals surface area (Å²) in [6, 6.07) is 0. The van der Waals surface area contributed by atoms with Crippen molar-refractivity contribution in [2.45, 2.75) is 6.92 Å². The Kier molecular flexibility index (Phi) is 2.89. The number of carbonyl (C=O) groups is 2. The molecule has 82 valence electrons. The molecule has 1 aromatic rings. The number of H-pyrrole nitrogens is 1. The summed E-state index contributed by atoms with van der Waals surface area (Å²) in [5.41, 5.74) is -1.10. The fourth-order valence-corrected chi connectivity index (χ4v) is 1.60. The molecule has 8 heteroatoms. The van der Waals surface area contributed by atoms with E-state index in [0.29, 0.717) is 0 Å². The van der Waals surface area contributed by atoms with E-state index in [0.717, 1.165) is 6.33 Å². The lowest BCUT2D eigenvalue weighted by molar-refractivity contribution is 0.0687. The number of carboxylic acids is 1. The van der Waals surface area contributed by atoms with Gasteiger partial charge in [0.05, 0.1) is 12.1 Å². The molecule has 0 amide bonds. The van der Waals surface area contributed by atoms with E-state index in [1.165, 1.54) is 6.92 Å². The number of nitrogens with zero attached hydrogens (tertiary/aromatic N) is 1. The highest BCUT2D eigenvalue weighted by atomic mass is 32.2.